The molecule has 2 rings (SSSR count). The molecule has 1 aromatic heterocycles. The number of anilines is 1. The zero-order valence-electron chi connectivity index (χ0n) is 10.1. The van der Waals surface area contributed by atoms with Gasteiger partial charge in [-0.2, -0.15) is 0 Å². The van der Waals surface area contributed by atoms with Crippen LogP contribution in [-0.4, -0.2) is 23.0 Å². The third-order valence-corrected chi connectivity index (χ3v) is 3.22. The molecule has 0 unspecified atom stereocenters. The van der Waals surface area contributed by atoms with Crippen LogP contribution in [0.4, 0.5) is 10.5 Å². The SMILES string of the molecule is O=C(O)C=CC(=O)NC(=O)Nc1ccc2sccc2c1. The van der Waals surface area contributed by atoms with E-state index in [0.29, 0.717) is 11.8 Å². The summed E-state index contributed by atoms with van der Waals surface area (Å²) in [5, 5.41) is 15.8. The third kappa shape index (κ3) is 3.66. The molecule has 0 saturated heterocycles. The van der Waals surface area contributed by atoms with Gasteiger partial charge in [0.15, 0.2) is 0 Å². The molecule has 3 N–H and O–H groups in total. The molecule has 0 aliphatic heterocycles. The highest BCUT2D eigenvalue weighted by Gasteiger charge is 2.06. The molecule has 7 heteroatoms. The van der Waals surface area contributed by atoms with Gasteiger partial charge in [-0.3, -0.25) is 10.1 Å². The number of aliphatic carboxylic acids is 1. The van der Waals surface area contributed by atoms with Gasteiger partial charge in [0.2, 0.25) is 0 Å². The summed E-state index contributed by atoms with van der Waals surface area (Å²) in [6.45, 7) is 0. The molecule has 0 radical (unpaired) electrons. The molecule has 0 atom stereocenters. The van der Waals surface area contributed by atoms with Gasteiger partial charge in [-0.25, -0.2) is 9.59 Å². The second-order valence-electron chi connectivity index (χ2n) is 3.79. The van der Waals surface area contributed by atoms with Crippen LogP contribution in [0.1, 0.15) is 0 Å². The first kappa shape index (κ1) is 13.8. The van der Waals surface area contributed by atoms with Gasteiger partial charge < -0.3 is 10.4 Å². The minimum atomic E-state index is -1.26. The Bertz CT molecular complexity index is 705. The van der Waals surface area contributed by atoms with Gasteiger partial charge in [0.1, 0.15) is 0 Å². The zero-order valence-corrected chi connectivity index (χ0v) is 10.9. The van der Waals surface area contributed by atoms with Gasteiger partial charge in [0.25, 0.3) is 5.91 Å². The smallest absolute Gasteiger partial charge is 0.328 e. The average molecular weight is 290 g/mol. The van der Waals surface area contributed by atoms with Gasteiger partial charge in [-0.1, -0.05) is 0 Å². The number of benzene rings is 1. The first-order valence-electron chi connectivity index (χ1n) is 5.55. The summed E-state index contributed by atoms with van der Waals surface area (Å²) < 4.78 is 1.09. The molecule has 2 aromatic rings. The third-order valence-electron chi connectivity index (χ3n) is 2.32. The number of carboxylic acid groups (broad SMARTS) is 1. The number of imide groups is 1. The van der Waals surface area contributed by atoms with Crippen molar-refractivity contribution < 1.29 is 19.5 Å². The molecule has 0 aliphatic carbocycles. The van der Waals surface area contributed by atoms with E-state index >= 15 is 0 Å². The second kappa shape index (κ2) is 5.98. The van der Waals surface area contributed by atoms with Gasteiger partial charge in [-0.15, -0.1) is 11.3 Å². The lowest BCUT2D eigenvalue weighted by Gasteiger charge is -2.05. The largest absolute Gasteiger partial charge is 0.478 e. The Labute approximate surface area is 117 Å². The average Bonchev–Trinajstić information content (AvgIpc) is 2.83. The predicted octanol–water partition coefficient (Wildman–Crippen LogP) is 2.19. The molecule has 0 saturated carbocycles. The fourth-order valence-electron chi connectivity index (χ4n) is 1.51. The Hall–Kier alpha value is -2.67. The van der Waals surface area contributed by atoms with Crippen molar-refractivity contribution in [3.8, 4) is 0 Å². The summed E-state index contributed by atoms with van der Waals surface area (Å²) in [6, 6.07) is 6.56. The van der Waals surface area contributed by atoms with Crippen LogP contribution in [0.25, 0.3) is 10.1 Å². The lowest BCUT2D eigenvalue weighted by atomic mass is 10.2. The molecule has 6 nitrogen and oxygen atoms in total. The van der Waals surface area contributed by atoms with Gasteiger partial charge in [0.05, 0.1) is 0 Å². The lowest BCUT2D eigenvalue weighted by Crippen LogP contribution is -2.33. The molecule has 1 aromatic carbocycles. The molecule has 3 amide bonds. The van der Waals surface area contributed by atoms with E-state index in [9.17, 15) is 14.4 Å². The second-order valence-corrected chi connectivity index (χ2v) is 4.74. The first-order valence-corrected chi connectivity index (χ1v) is 6.43. The molecule has 102 valence electrons. The van der Waals surface area contributed by atoms with E-state index in [0.717, 1.165) is 16.2 Å². The summed E-state index contributed by atoms with van der Waals surface area (Å²) in [5.41, 5.74) is 0.545. The number of hydrogen-bond acceptors (Lipinski definition) is 4. The summed E-state index contributed by atoms with van der Waals surface area (Å²) >= 11 is 1.59. The quantitative estimate of drug-likeness (QED) is 0.755. The summed E-state index contributed by atoms with van der Waals surface area (Å²) in [7, 11) is 0. The van der Waals surface area contributed by atoms with E-state index < -0.39 is 17.9 Å². The molecule has 1 heterocycles. The number of urea groups is 1. The Morgan fingerprint density at radius 3 is 2.70 bits per heavy atom. The Morgan fingerprint density at radius 1 is 1.15 bits per heavy atom. The number of carbonyl (C=O) groups excluding carboxylic acids is 2. The van der Waals surface area contributed by atoms with Crippen LogP contribution in [0.15, 0.2) is 41.8 Å². The fourth-order valence-corrected chi connectivity index (χ4v) is 2.28. The van der Waals surface area contributed by atoms with Crippen LogP contribution >= 0.6 is 11.3 Å². The maximum absolute atomic E-state index is 11.5. The van der Waals surface area contributed by atoms with Gasteiger partial charge >= 0.3 is 12.0 Å². The zero-order chi connectivity index (χ0) is 14.5. The van der Waals surface area contributed by atoms with Crippen molar-refractivity contribution in [3.05, 3.63) is 41.8 Å². The normalized spacial score (nSPS) is 10.6. The molecule has 0 aliphatic rings. The minimum Gasteiger partial charge on any atom is -0.478 e. The van der Waals surface area contributed by atoms with E-state index in [1.165, 1.54) is 0 Å². The standard InChI is InChI=1S/C13H10N2O4S/c16-11(3-4-12(17)18)15-13(19)14-9-1-2-10-8(7-9)5-6-20-10/h1-7H,(H,17,18)(H2,14,15,16,19). The maximum Gasteiger partial charge on any atom is 0.328 e. The maximum atomic E-state index is 11.5. The Kier molecular flexibility index (Phi) is 4.11. The van der Waals surface area contributed by atoms with Crippen LogP contribution < -0.4 is 10.6 Å². The van der Waals surface area contributed by atoms with E-state index in [1.54, 1.807) is 23.5 Å². The van der Waals surface area contributed by atoms with Crippen molar-refractivity contribution in [2.75, 3.05) is 5.32 Å². The van der Waals surface area contributed by atoms with Crippen LogP contribution in [0.5, 0.6) is 0 Å². The number of fused-ring (bicyclic) bond motifs is 1. The molecular formula is C13H10N2O4S. The highest BCUT2D eigenvalue weighted by Crippen LogP contribution is 2.23. The van der Waals surface area contributed by atoms with Gasteiger partial charge in [0, 0.05) is 22.5 Å². The number of rotatable bonds is 3. The van der Waals surface area contributed by atoms with E-state index in [4.69, 9.17) is 5.11 Å². The molecule has 0 bridgehead atoms. The lowest BCUT2D eigenvalue weighted by molar-refractivity contribution is -0.131. The van der Waals surface area contributed by atoms with Crippen LogP contribution in [-0.2, 0) is 9.59 Å². The van der Waals surface area contributed by atoms with Crippen LogP contribution in [0.2, 0.25) is 0 Å². The summed E-state index contributed by atoms with van der Waals surface area (Å²) in [6.07, 6.45) is 1.42. The van der Waals surface area contributed by atoms with Crippen molar-refractivity contribution in [2.45, 2.75) is 0 Å². The number of amides is 3. The van der Waals surface area contributed by atoms with Crippen molar-refractivity contribution in [3.63, 3.8) is 0 Å². The fraction of sp³-hybridized carbons (Fsp3) is 0. The van der Waals surface area contributed by atoms with Gasteiger partial charge in [-0.05, 0) is 35.0 Å². The van der Waals surface area contributed by atoms with Crippen LogP contribution in [0, 0.1) is 0 Å². The van der Waals surface area contributed by atoms with Crippen molar-refractivity contribution in [1.29, 1.82) is 0 Å². The highest BCUT2D eigenvalue weighted by molar-refractivity contribution is 7.17. The van der Waals surface area contributed by atoms with Crippen molar-refractivity contribution in [1.82, 2.24) is 5.32 Å². The van der Waals surface area contributed by atoms with E-state index in [1.807, 2.05) is 22.8 Å². The summed E-state index contributed by atoms with van der Waals surface area (Å²) in [5.74, 6) is -2.06. The topological polar surface area (TPSA) is 95.5 Å². The number of carboxylic acids is 1. The minimum absolute atomic E-state index is 0.545. The number of nitrogens with one attached hydrogen (secondary N) is 2. The molecule has 20 heavy (non-hydrogen) atoms. The summed E-state index contributed by atoms with van der Waals surface area (Å²) in [4.78, 5) is 32.9. The molecule has 0 spiro atoms. The first-order chi connectivity index (χ1) is 9.54. The van der Waals surface area contributed by atoms with Crippen molar-refractivity contribution in [2.24, 2.45) is 0 Å². The highest BCUT2D eigenvalue weighted by atomic mass is 32.1. The molecule has 0 fully saturated rings. The predicted molar refractivity (Wildman–Crippen MR) is 75.8 cm³/mol. The Balaban J connectivity index is 1.97. The Morgan fingerprint density at radius 2 is 1.95 bits per heavy atom. The number of carbonyl (C=O) groups is 3. The number of thiophene rings is 1. The van der Waals surface area contributed by atoms with E-state index in [2.05, 4.69) is 5.32 Å². The van der Waals surface area contributed by atoms with E-state index in [-0.39, 0.29) is 0 Å². The van der Waals surface area contributed by atoms with Crippen LogP contribution in [0.3, 0.4) is 0 Å². The van der Waals surface area contributed by atoms with Crippen molar-refractivity contribution >= 4 is 45.0 Å². The molecular weight excluding hydrogens is 280 g/mol. The monoisotopic (exact) mass is 290 g/mol. The number of hydrogen-bond donors (Lipinski definition) is 3.